The minimum Gasteiger partial charge on any atom is -0.373 e. The maximum Gasteiger partial charge on any atom is 0.0642 e. The minimum absolute atomic E-state index is 0.720. The zero-order chi connectivity index (χ0) is 13.8. The second-order valence-electron chi connectivity index (χ2n) is 6.01. The molecule has 0 heterocycles. The molecular weight excluding hydrogens is 256 g/mol. The molecule has 0 aromatic heterocycles. The number of hydrogen-bond acceptors (Lipinski definition) is 2. The van der Waals surface area contributed by atoms with E-state index in [1.165, 1.54) is 30.5 Å². The molecule has 1 N–H and O–H groups in total. The molecular formula is C16H25ClN2. The predicted molar refractivity (Wildman–Crippen MR) is 84.0 cm³/mol. The Labute approximate surface area is 122 Å². The first-order chi connectivity index (χ1) is 9.08. The van der Waals surface area contributed by atoms with Crippen LogP contribution in [0, 0.1) is 5.92 Å². The summed E-state index contributed by atoms with van der Waals surface area (Å²) in [4.78, 5) is 2.30. The molecule has 2 rings (SSSR count). The molecule has 0 bridgehead atoms. The van der Waals surface area contributed by atoms with Crippen LogP contribution in [0.5, 0.6) is 0 Å². The molecule has 0 radical (unpaired) electrons. The highest BCUT2D eigenvalue weighted by Gasteiger charge is 2.21. The molecule has 0 aliphatic heterocycles. The Hall–Kier alpha value is -0.730. The van der Waals surface area contributed by atoms with Gasteiger partial charge in [-0.25, -0.2) is 0 Å². The first-order valence-corrected chi connectivity index (χ1v) is 7.67. The van der Waals surface area contributed by atoms with Gasteiger partial charge in [-0.15, -0.1) is 0 Å². The molecule has 0 spiro atoms. The number of anilines is 1. The second kappa shape index (κ2) is 6.62. The summed E-state index contributed by atoms with van der Waals surface area (Å²) >= 11 is 6.40. The van der Waals surface area contributed by atoms with Gasteiger partial charge in [0.05, 0.1) is 10.7 Å². The van der Waals surface area contributed by atoms with Gasteiger partial charge in [0.2, 0.25) is 0 Å². The van der Waals surface area contributed by atoms with Crippen molar-refractivity contribution in [2.45, 2.75) is 45.7 Å². The zero-order valence-electron chi connectivity index (χ0n) is 12.2. The molecule has 3 heteroatoms. The topological polar surface area (TPSA) is 15.3 Å². The van der Waals surface area contributed by atoms with Crippen molar-refractivity contribution in [3.8, 4) is 0 Å². The summed E-state index contributed by atoms with van der Waals surface area (Å²) in [5.41, 5.74) is 2.50. The first-order valence-electron chi connectivity index (χ1n) is 7.30. The highest BCUT2D eigenvalue weighted by atomic mass is 35.5. The van der Waals surface area contributed by atoms with Crippen molar-refractivity contribution in [3.63, 3.8) is 0 Å². The lowest BCUT2D eigenvalue weighted by atomic mass is 10.1. The summed E-state index contributed by atoms with van der Waals surface area (Å²) in [6.45, 7) is 6.50. The number of nitrogens with zero attached hydrogens (tertiary/aromatic N) is 1. The van der Waals surface area contributed by atoms with E-state index < -0.39 is 0 Å². The van der Waals surface area contributed by atoms with Crippen molar-refractivity contribution in [3.05, 3.63) is 28.8 Å². The second-order valence-corrected chi connectivity index (χ2v) is 6.41. The van der Waals surface area contributed by atoms with E-state index in [4.69, 9.17) is 11.6 Å². The van der Waals surface area contributed by atoms with Gasteiger partial charge >= 0.3 is 0 Å². The lowest BCUT2D eigenvalue weighted by Crippen LogP contribution is -2.24. The van der Waals surface area contributed by atoms with E-state index >= 15 is 0 Å². The zero-order valence-corrected chi connectivity index (χ0v) is 13.0. The average molecular weight is 281 g/mol. The van der Waals surface area contributed by atoms with Gasteiger partial charge in [-0.05, 0) is 36.8 Å². The van der Waals surface area contributed by atoms with Crippen molar-refractivity contribution in [2.75, 3.05) is 18.5 Å². The number of rotatable bonds is 7. The number of benzene rings is 1. The van der Waals surface area contributed by atoms with E-state index in [1.807, 2.05) is 12.1 Å². The Morgan fingerprint density at radius 2 is 2.11 bits per heavy atom. The Bertz CT molecular complexity index is 413. The largest absolute Gasteiger partial charge is 0.373 e. The molecule has 1 saturated carbocycles. The maximum absolute atomic E-state index is 6.40. The van der Waals surface area contributed by atoms with Gasteiger partial charge in [-0.2, -0.15) is 0 Å². The Morgan fingerprint density at radius 1 is 1.37 bits per heavy atom. The monoisotopic (exact) mass is 280 g/mol. The molecule has 1 aromatic carbocycles. The fourth-order valence-electron chi connectivity index (χ4n) is 2.24. The highest BCUT2D eigenvalue weighted by molar-refractivity contribution is 6.33. The van der Waals surface area contributed by atoms with Crippen LogP contribution in [0.3, 0.4) is 0 Å². The van der Waals surface area contributed by atoms with Crippen LogP contribution in [0.2, 0.25) is 5.02 Å². The normalized spacial score (nSPS) is 15.0. The molecule has 1 aromatic rings. The smallest absolute Gasteiger partial charge is 0.0642 e. The lowest BCUT2D eigenvalue weighted by Gasteiger charge is -2.25. The quantitative estimate of drug-likeness (QED) is 0.810. The molecule has 106 valence electrons. The van der Waals surface area contributed by atoms with Crippen LogP contribution in [-0.2, 0) is 6.54 Å². The van der Waals surface area contributed by atoms with Crippen LogP contribution in [0.25, 0.3) is 0 Å². The van der Waals surface area contributed by atoms with Gasteiger partial charge in [0.15, 0.2) is 0 Å². The number of hydrogen-bond donors (Lipinski definition) is 1. The van der Waals surface area contributed by atoms with E-state index in [2.05, 4.69) is 37.2 Å². The third-order valence-electron chi connectivity index (χ3n) is 3.65. The highest BCUT2D eigenvalue weighted by Crippen LogP contribution is 2.30. The van der Waals surface area contributed by atoms with Crippen molar-refractivity contribution in [1.29, 1.82) is 0 Å². The van der Waals surface area contributed by atoms with Crippen LogP contribution in [0.15, 0.2) is 18.2 Å². The minimum atomic E-state index is 0.720. The molecule has 0 unspecified atom stereocenters. The summed E-state index contributed by atoms with van der Waals surface area (Å²) in [6.07, 6.45) is 3.83. The van der Waals surface area contributed by atoms with Gasteiger partial charge in [0.25, 0.3) is 0 Å². The number of para-hydroxylation sites is 1. The fourth-order valence-corrected chi connectivity index (χ4v) is 2.57. The van der Waals surface area contributed by atoms with E-state index in [9.17, 15) is 0 Å². The van der Waals surface area contributed by atoms with Crippen molar-refractivity contribution in [2.24, 2.45) is 5.92 Å². The Morgan fingerprint density at radius 3 is 2.74 bits per heavy atom. The van der Waals surface area contributed by atoms with Gasteiger partial charge < -0.3 is 10.2 Å². The molecule has 0 amide bonds. The van der Waals surface area contributed by atoms with Crippen LogP contribution < -0.4 is 10.2 Å². The van der Waals surface area contributed by atoms with Crippen molar-refractivity contribution >= 4 is 17.3 Å². The van der Waals surface area contributed by atoms with Crippen LogP contribution in [0.1, 0.15) is 38.7 Å². The lowest BCUT2D eigenvalue weighted by molar-refractivity contribution is 0.584. The number of halogens is 1. The molecule has 1 aliphatic rings. The predicted octanol–water partition coefficient (Wildman–Crippen LogP) is 4.07. The maximum atomic E-state index is 6.40. The summed E-state index contributed by atoms with van der Waals surface area (Å²) in [5, 5.41) is 4.44. The summed E-state index contributed by atoms with van der Waals surface area (Å²) in [6, 6.07) is 6.95. The van der Waals surface area contributed by atoms with E-state index in [0.29, 0.717) is 0 Å². The van der Waals surface area contributed by atoms with Crippen LogP contribution in [-0.4, -0.2) is 19.6 Å². The van der Waals surface area contributed by atoms with Crippen LogP contribution in [0.4, 0.5) is 5.69 Å². The summed E-state index contributed by atoms with van der Waals surface area (Å²) < 4.78 is 0. The van der Waals surface area contributed by atoms with Crippen molar-refractivity contribution in [1.82, 2.24) is 5.32 Å². The molecule has 0 saturated heterocycles. The van der Waals surface area contributed by atoms with Crippen LogP contribution >= 0.6 is 11.6 Å². The molecule has 1 aliphatic carbocycles. The Kier molecular flexibility index (Phi) is 5.12. The van der Waals surface area contributed by atoms with E-state index in [0.717, 1.165) is 30.1 Å². The summed E-state index contributed by atoms with van der Waals surface area (Å²) in [7, 11) is 2.14. The van der Waals surface area contributed by atoms with Gasteiger partial charge in [0.1, 0.15) is 0 Å². The van der Waals surface area contributed by atoms with Gasteiger partial charge in [0, 0.05) is 26.2 Å². The Balaban J connectivity index is 2.06. The summed E-state index contributed by atoms with van der Waals surface area (Å²) in [5.74, 6) is 0.720. The molecule has 0 atom stereocenters. The van der Waals surface area contributed by atoms with Gasteiger partial charge in [-0.1, -0.05) is 37.6 Å². The fraction of sp³-hybridized carbons (Fsp3) is 0.625. The standard InChI is InChI=1S/C16H25ClN2/c1-12(2)9-10-19(3)16-13(5-4-6-15(16)17)11-18-14-7-8-14/h4-6,12,14,18H,7-11H2,1-3H3. The van der Waals surface area contributed by atoms with Crippen molar-refractivity contribution < 1.29 is 0 Å². The molecule has 19 heavy (non-hydrogen) atoms. The molecule has 1 fully saturated rings. The van der Waals surface area contributed by atoms with E-state index in [1.54, 1.807) is 0 Å². The SMILES string of the molecule is CC(C)CCN(C)c1c(Cl)cccc1CNC1CC1. The molecule has 2 nitrogen and oxygen atoms in total. The first kappa shape index (κ1) is 14.7. The third kappa shape index (κ3) is 4.39. The van der Waals surface area contributed by atoms with E-state index in [-0.39, 0.29) is 0 Å². The average Bonchev–Trinajstić information content (AvgIpc) is 3.17. The third-order valence-corrected chi connectivity index (χ3v) is 3.96. The van der Waals surface area contributed by atoms with Gasteiger partial charge in [-0.3, -0.25) is 0 Å². The number of nitrogens with one attached hydrogen (secondary N) is 1.